The molecule has 132 valence electrons. The number of nitrogens with one attached hydrogen (secondary N) is 2. The van der Waals surface area contributed by atoms with Gasteiger partial charge in [-0.15, -0.1) is 0 Å². The van der Waals surface area contributed by atoms with Crippen LogP contribution in [0.15, 0.2) is 18.2 Å². The molecule has 1 aromatic carbocycles. The number of amides is 2. The predicted octanol–water partition coefficient (Wildman–Crippen LogP) is 1.98. The number of rotatable bonds is 7. The molecule has 2 N–H and O–H groups in total. The largest absolute Gasteiger partial charge is 0.497 e. The molecule has 0 aliphatic heterocycles. The molecule has 1 aliphatic rings. The Labute approximate surface area is 142 Å². The molecule has 2 rings (SSSR count). The first-order chi connectivity index (χ1) is 11.3. The van der Waals surface area contributed by atoms with Crippen LogP contribution < -0.4 is 20.1 Å². The lowest BCUT2D eigenvalue weighted by molar-refractivity contribution is -0.124. The number of ether oxygens (including phenoxy) is 2. The summed E-state index contributed by atoms with van der Waals surface area (Å²) in [5.74, 6) is 1.08. The van der Waals surface area contributed by atoms with Gasteiger partial charge in [-0.25, -0.2) is 0 Å². The van der Waals surface area contributed by atoms with Crippen LogP contribution in [0.25, 0.3) is 0 Å². The van der Waals surface area contributed by atoms with Gasteiger partial charge in [0, 0.05) is 17.7 Å². The zero-order valence-electron chi connectivity index (χ0n) is 14.9. The molecule has 0 spiro atoms. The first kappa shape index (κ1) is 18.1. The van der Waals surface area contributed by atoms with E-state index in [1.807, 2.05) is 13.8 Å². The molecule has 1 aromatic rings. The first-order valence-electron chi connectivity index (χ1n) is 8.20. The summed E-state index contributed by atoms with van der Waals surface area (Å²) >= 11 is 0. The van der Waals surface area contributed by atoms with Gasteiger partial charge < -0.3 is 20.1 Å². The molecule has 0 heterocycles. The summed E-state index contributed by atoms with van der Waals surface area (Å²) in [6, 6.07) is 4.58. The van der Waals surface area contributed by atoms with Gasteiger partial charge in [0.15, 0.2) is 0 Å². The highest BCUT2D eigenvalue weighted by atomic mass is 16.5. The highest BCUT2D eigenvalue weighted by Gasteiger charge is 2.36. The lowest BCUT2D eigenvalue weighted by Gasteiger charge is -2.22. The summed E-state index contributed by atoms with van der Waals surface area (Å²) in [4.78, 5) is 25.0. The van der Waals surface area contributed by atoms with E-state index in [9.17, 15) is 9.59 Å². The van der Waals surface area contributed by atoms with Crippen molar-refractivity contribution in [2.45, 2.75) is 39.3 Å². The summed E-state index contributed by atoms with van der Waals surface area (Å²) < 4.78 is 10.4. The minimum Gasteiger partial charge on any atom is -0.497 e. The Morgan fingerprint density at radius 2 is 1.67 bits per heavy atom. The van der Waals surface area contributed by atoms with Gasteiger partial charge in [-0.05, 0) is 30.4 Å². The topological polar surface area (TPSA) is 76.7 Å². The van der Waals surface area contributed by atoms with Crippen molar-refractivity contribution < 1.29 is 19.1 Å². The molecule has 6 heteroatoms. The second-order valence-electron chi connectivity index (χ2n) is 6.62. The SMILES string of the molecule is COc1cc(OC)cc(C(=O)NC(C(=O)NC2CC2C)C(C)C)c1. The number of methoxy groups -OCH3 is 2. The summed E-state index contributed by atoms with van der Waals surface area (Å²) in [6.07, 6.45) is 0.998. The molecule has 2 amide bonds. The third-order valence-corrected chi connectivity index (χ3v) is 4.29. The number of carbonyl (C=O) groups excluding carboxylic acids is 2. The highest BCUT2D eigenvalue weighted by Crippen LogP contribution is 2.29. The maximum atomic E-state index is 12.6. The highest BCUT2D eigenvalue weighted by molar-refractivity contribution is 5.98. The Morgan fingerprint density at radius 3 is 2.08 bits per heavy atom. The van der Waals surface area contributed by atoms with E-state index >= 15 is 0 Å². The van der Waals surface area contributed by atoms with Gasteiger partial charge in [-0.1, -0.05) is 20.8 Å². The zero-order valence-corrected chi connectivity index (χ0v) is 14.9. The van der Waals surface area contributed by atoms with Crippen molar-refractivity contribution in [3.63, 3.8) is 0 Å². The smallest absolute Gasteiger partial charge is 0.252 e. The summed E-state index contributed by atoms with van der Waals surface area (Å²) in [5, 5.41) is 5.80. The maximum Gasteiger partial charge on any atom is 0.252 e. The fraction of sp³-hybridized carbons (Fsp3) is 0.556. The standard InChI is InChI=1S/C18H26N2O4/c1-10(2)16(18(22)19-15-6-11(15)3)20-17(21)12-7-13(23-4)9-14(8-12)24-5/h7-11,15-16H,6H2,1-5H3,(H,19,22)(H,20,21). The van der Waals surface area contributed by atoms with Crippen LogP contribution in [0.4, 0.5) is 0 Å². The van der Waals surface area contributed by atoms with Gasteiger partial charge >= 0.3 is 0 Å². The van der Waals surface area contributed by atoms with Crippen LogP contribution in [0.3, 0.4) is 0 Å². The summed E-state index contributed by atoms with van der Waals surface area (Å²) in [7, 11) is 3.05. The average molecular weight is 334 g/mol. The van der Waals surface area contributed by atoms with Crippen molar-refractivity contribution in [2.24, 2.45) is 11.8 Å². The molecule has 6 nitrogen and oxygen atoms in total. The molecule has 3 unspecified atom stereocenters. The molecule has 0 bridgehead atoms. The molecule has 0 radical (unpaired) electrons. The van der Waals surface area contributed by atoms with E-state index in [4.69, 9.17) is 9.47 Å². The fourth-order valence-electron chi connectivity index (χ4n) is 2.49. The number of benzene rings is 1. The first-order valence-corrected chi connectivity index (χ1v) is 8.20. The third-order valence-electron chi connectivity index (χ3n) is 4.29. The van der Waals surface area contributed by atoms with Crippen LogP contribution >= 0.6 is 0 Å². The van der Waals surface area contributed by atoms with E-state index in [1.54, 1.807) is 18.2 Å². The molecule has 3 atom stereocenters. The van der Waals surface area contributed by atoms with Crippen LogP contribution in [0, 0.1) is 11.8 Å². The van der Waals surface area contributed by atoms with E-state index in [1.165, 1.54) is 14.2 Å². The van der Waals surface area contributed by atoms with Crippen LogP contribution in [-0.2, 0) is 4.79 Å². The molecular formula is C18H26N2O4. The monoisotopic (exact) mass is 334 g/mol. The summed E-state index contributed by atoms with van der Waals surface area (Å²) in [5.41, 5.74) is 0.393. The molecular weight excluding hydrogens is 308 g/mol. The lowest BCUT2D eigenvalue weighted by atomic mass is 10.0. The van der Waals surface area contributed by atoms with Gasteiger partial charge in [0.05, 0.1) is 14.2 Å². The van der Waals surface area contributed by atoms with Crippen LogP contribution in [-0.4, -0.2) is 38.1 Å². The van der Waals surface area contributed by atoms with Gasteiger partial charge in [0.25, 0.3) is 5.91 Å². The van der Waals surface area contributed by atoms with E-state index in [-0.39, 0.29) is 23.8 Å². The van der Waals surface area contributed by atoms with Gasteiger partial charge in [-0.2, -0.15) is 0 Å². The van der Waals surface area contributed by atoms with Crippen molar-refractivity contribution in [3.05, 3.63) is 23.8 Å². The second-order valence-corrected chi connectivity index (χ2v) is 6.62. The average Bonchev–Trinajstić information content (AvgIpc) is 3.25. The van der Waals surface area contributed by atoms with E-state index in [2.05, 4.69) is 17.6 Å². The fourth-order valence-corrected chi connectivity index (χ4v) is 2.49. The number of carbonyl (C=O) groups is 2. The van der Waals surface area contributed by atoms with Gasteiger partial charge in [0.2, 0.25) is 5.91 Å². The molecule has 1 saturated carbocycles. The third kappa shape index (κ3) is 4.40. The lowest BCUT2D eigenvalue weighted by Crippen LogP contribution is -2.50. The normalized spacial score (nSPS) is 20.2. The predicted molar refractivity (Wildman–Crippen MR) is 91.3 cm³/mol. The molecule has 24 heavy (non-hydrogen) atoms. The quantitative estimate of drug-likeness (QED) is 0.799. The van der Waals surface area contributed by atoms with E-state index < -0.39 is 6.04 Å². The Morgan fingerprint density at radius 1 is 1.12 bits per heavy atom. The minimum absolute atomic E-state index is 0.0180. The van der Waals surface area contributed by atoms with Crippen molar-refractivity contribution in [3.8, 4) is 11.5 Å². The number of hydrogen-bond donors (Lipinski definition) is 2. The van der Waals surface area contributed by atoms with Crippen LogP contribution in [0.5, 0.6) is 11.5 Å². The summed E-state index contributed by atoms with van der Waals surface area (Å²) in [6.45, 7) is 5.91. The molecule has 0 aromatic heterocycles. The van der Waals surface area contributed by atoms with Crippen molar-refractivity contribution in [2.75, 3.05) is 14.2 Å². The Kier molecular flexibility index (Phi) is 5.70. The Hall–Kier alpha value is -2.24. The number of hydrogen-bond acceptors (Lipinski definition) is 4. The zero-order chi connectivity index (χ0) is 17.9. The van der Waals surface area contributed by atoms with Gasteiger partial charge in [0.1, 0.15) is 17.5 Å². The molecule has 0 saturated heterocycles. The van der Waals surface area contributed by atoms with Crippen molar-refractivity contribution in [1.82, 2.24) is 10.6 Å². The van der Waals surface area contributed by atoms with Crippen LogP contribution in [0.1, 0.15) is 37.6 Å². The van der Waals surface area contributed by atoms with Crippen molar-refractivity contribution >= 4 is 11.8 Å². The molecule has 1 fully saturated rings. The Balaban J connectivity index is 2.11. The van der Waals surface area contributed by atoms with Gasteiger partial charge in [-0.3, -0.25) is 9.59 Å². The van der Waals surface area contributed by atoms with E-state index in [0.717, 1.165) is 6.42 Å². The maximum absolute atomic E-state index is 12.6. The second kappa shape index (κ2) is 7.55. The minimum atomic E-state index is -0.581. The van der Waals surface area contributed by atoms with Crippen LogP contribution in [0.2, 0.25) is 0 Å². The van der Waals surface area contributed by atoms with E-state index in [0.29, 0.717) is 23.0 Å². The Bertz CT molecular complexity index is 593. The van der Waals surface area contributed by atoms with Crippen molar-refractivity contribution in [1.29, 1.82) is 0 Å². The molecule has 1 aliphatic carbocycles.